The molecule has 112 valence electrons. The summed E-state index contributed by atoms with van der Waals surface area (Å²) in [6, 6.07) is 3.00. The zero-order valence-electron chi connectivity index (χ0n) is 11.3. The van der Waals surface area contributed by atoms with E-state index < -0.39 is 22.5 Å². The van der Waals surface area contributed by atoms with Crippen molar-refractivity contribution < 1.29 is 18.3 Å². The Kier molecular flexibility index (Phi) is 3.89. The lowest BCUT2D eigenvalue weighted by molar-refractivity contribution is -0.137. The molecule has 0 fully saturated rings. The lowest BCUT2D eigenvalue weighted by atomic mass is 10.4. The van der Waals surface area contributed by atoms with Crippen LogP contribution in [-0.4, -0.2) is 39.5 Å². The second kappa shape index (κ2) is 5.48. The quantitative estimate of drug-likeness (QED) is 0.806. The van der Waals surface area contributed by atoms with E-state index in [4.69, 9.17) is 5.11 Å². The van der Waals surface area contributed by atoms with Crippen LogP contribution in [0.3, 0.4) is 0 Å². The number of hydrogen-bond acceptors (Lipinski definition) is 6. The maximum Gasteiger partial charge on any atom is 0.325 e. The number of nitrogens with zero attached hydrogens (tertiary/aromatic N) is 4. The second-order valence-electron chi connectivity index (χ2n) is 4.27. The topological polar surface area (TPSA) is 127 Å². The maximum atomic E-state index is 12.4. The van der Waals surface area contributed by atoms with E-state index in [1.807, 2.05) is 0 Å². The maximum absolute atomic E-state index is 12.4. The van der Waals surface area contributed by atoms with E-state index in [2.05, 4.69) is 20.0 Å². The van der Waals surface area contributed by atoms with Crippen LogP contribution in [0.15, 0.2) is 23.2 Å². The molecule has 2 aromatic rings. The summed E-state index contributed by atoms with van der Waals surface area (Å²) in [6.45, 7) is 2.58. The van der Waals surface area contributed by atoms with Gasteiger partial charge in [0.1, 0.15) is 11.4 Å². The SMILES string of the molecule is Cc1nn(CC(=O)O)c(C)c1S(=O)(=O)Nc1cccnn1. The summed E-state index contributed by atoms with van der Waals surface area (Å²) < 4.78 is 28.1. The monoisotopic (exact) mass is 311 g/mol. The van der Waals surface area contributed by atoms with Gasteiger partial charge in [-0.1, -0.05) is 0 Å². The number of aromatic nitrogens is 4. The molecule has 0 aliphatic carbocycles. The number of rotatable bonds is 5. The van der Waals surface area contributed by atoms with Crippen molar-refractivity contribution in [1.82, 2.24) is 20.0 Å². The second-order valence-corrected chi connectivity index (χ2v) is 5.88. The Morgan fingerprint density at radius 3 is 2.71 bits per heavy atom. The van der Waals surface area contributed by atoms with Crippen molar-refractivity contribution in [2.24, 2.45) is 0 Å². The van der Waals surface area contributed by atoms with Gasteiger partial charge >= 0.3 is 5.97 Å². The highest BCUT2D eigenvalue weighted by Crippen LogP contribution is 2.21. The van der Waals surface area contributed by atoms with E-state index in [-0.39, 0.29) is 22.1 Å². The molecule has 0 saturated heterocycles. The van der Waals surface area contributed by atoms with E-state index >= 15 is 0 Å². The van der Waals surface area contributed by atoms with Gasteiger partial charge in [0.2, 0.25) is 0 Å². The van der Waals surface area contributed by atoms with Crippen molar-refractivity contribution in [3.8, 4) is 0 Å². The highest BCUT2D eigenvalue weighted by molar-refractivity contribution is 7.92. The molecule has 0 bridgehead atoms. The standard InChI is InChI=1S/C11H13N5O4S/c1-7-11(8(2)16(14-7)6-10(17)18)21(19,20)15-9-4-3-5-12-13-9/h3-5H,6H2,1-2H3,(H,13,15)(H,17,18). The predicted octanol–water partition coefficient (Wildman–Crippen LogP) is 0.175. The van der Waals surface area contributed by atoms with Crippen molar-refractivity contribution in [3.05, 3.63) is 29.7 Å². The number of hydrogen-bond donors (Lipinski definition) is 2. The first-order valence-corrected chi connectivity index (χ1v) is 7.36. The molecule has 9 nitrogen and oxygen atoms in total. The summed E-state index contributed by atoms with van der Waals surface area (Å²) in [5.41, 5.74) is 0.455. The predicted molar refractivity (Wildman–Crippen MR) is 72.2 cm³/mol. The van der Waals surface area contributed by atoms with Gasteiger partial charge in [0.15, 0.2) is 5.82 Å². The number of sulfonamides is 1. The number of aryl methyl sites for hydroxylation is 1. The molecule has 0 saturated carbocycles. The third kappa shape index (κ3) is 3.16. The summed E-state index contributed by atoms with van der Waals surface area (Å²) in [7, 11) is -3.92. The Morgan fingerprint density at radius 1 is 1.43 bits per heavy atom. The van der Waals surface area contributed by atoms with Crippen LogP contribution in [0.1, 0.15) is 11.4 Å². The lowest BCUT2D eigenvalue weighted by Crippen LogP contribution is -2.17. The van der Waals surface area contributed by atoms with Crippen LogP contribution in [0.2, 0.25) is 0 Å². The molecular formula is C11H13N5O4S. The Hall–Kier alpha value is -2.49. The van der Waals surface area contributed by atoms with Crippen molar-refractivity contribution in [3.63, 3.8) is 0 Å². The number of nitrogens with one attached hydrogen (secondary N) is 1. The molecule has 21 heavy (non-hydrogen) atoms. The normalized spacial score (nSPS) is 11.3. The zero-order chi connectivity index (χ0) is 15.6. The van der Waals surface area contributed by atoms with Crippen LogP contribution in [0.4, 0.5) is 5.82 Å². The van der Waals surface area contributed by atoms with E-state index in [1.165, 1.54) is 26.1 Å². The van der Waals surface area contributed by atoms with Crippen LogP contribution < -0.4 is 4.72 Å². The van der Waals surface area contributed by atoms with Gasteiger partial charge < -0.3 is 5.11 Å². The van der Waals surface area contributed by atoms with Crippen molar-refractivity contribution in [2.45, 2.75) is 25.3 Å². The molecule has 0 radical (unpaired) electrons. The van der Waals surface area contributed by atoms with Gasteiger partial charge in [0.05, 0.1) is 11.4 Å². The van der Waals surface area contributed by atoms with Gasteiger partial charge in [0, 0.05) is 6.20 Å². The van der Waals surface area contributed by atoms with Crippen LogP contribution in [-0.2, 0) is 21.4 Å². The third-order valence-corrected chi connectivity index (χ3v) is 4.29. The number of anilines is 1. The summed E-state index contributed by atoms with van der Waals surface area (Å²) in [6.07, 6.45) is 1.42. The van der Waals surface area contributed by atoms with Crippen molar-refractivity contribution >= 4 is 21.8 Å². The number of carbonyl (C=O) groups is 1. The summed E-state index contributed by atoms with van der Waals surface area (Å²) in [5, 5.41) is 19.9. The Labute approximate surface area is 120 Å². The minimum Gasteiger partial charge on any atom is -0.480 e. The highest BCUT2D eigenvalue weighted by atomic mass is 32.2. The minimum atomic E-state index is -3.92. The molecule has 2 aromatic heterocycles. The van der Waals surface area contributed by atoms with Crippen LogP contribution in [0, 0.1) is 13.8 Å². The summed E-state index contributed by atoms with van der Waals surface area (Å²) >= 11 is 0. The molecule has 2 heterocycles. The van der Waals surface area contributed by atoms with Gasteiger partial charge in [-0.2, -0.15) is 10.2 Å². The Morgan fingerprint density at radius 2 is 2.14 bits per heavy atom. The first-order valence-electron chi connectivity index (χ1n) is 5.87. The fraction of sp³-hybridized carbons (Fsp3) is 0.273. The molecule has 0 spiro atoms. The first kappa shape index (κ1) is 14.9. The summed E-state index contributed by atoms with van der Waals surface area (Å²) in [4.78, 5) is 10.7. The average Bonchev–Trinajstić information content (AvgIpc) is 2.64. The van der Waals surface area contributed by atoms with Crippen LogP contribution >= 0.6 is 0 Å². The lowest BCUT2D eigenvalue weighted by Gasteiger charge is -2.07. The number of aliphatic carboxylic acids is 1. The van der Waals surface area contributed by atoms with E-state index in [1.54, 1.807) is 6.07 Å². The van der Waals surface area contributed by atoms with Gasteiger partial charge in [-0.3, -0.25) is 14.2 Å². The molecule has 0 amide bonds. The molecule has 0 unspecified atom stereocenters. The molecule has 0 aromatic carbocycles. The highest BCUT2D eigenvalue weighted by Gasteiger charge is 2.25. The molecule has 2 rings (SSSR count). The molecule has 0 atom stereocenters. The van der Waals surface area contributed by atoms with E-state index in [9.17, 15) is 13.2 Å². The number of carboxylic acid groups (broad SMARTS) is 1. The first-order chi connectivity index (χ1) is 9.81. The molecule has 2 N–H and O–H groups in total. The van der Waals surface area contributed by atoms with E-state index in [0.717, 1.165) is 4.68 Å². The average molecular weight is 311 g/mol. The summed E-state index contributed by atoms with van der Waals surface area (Å²) in [5.74, 6) is -1.03. The molecular weight excluding hydrogens is 298 g/mol. The largest absolute Gasteiger partial charge is 0.480 e. The Balaban J connectivity index is 2.41. The van der Waals surface area contributed by atoms with E-state index in [0.29, 0.717) is 0 Å². The van der Waals surface area contributed by atoms with Gasteiger partial charge in [0.25, 0.3) is 10.0 Å². The fourth-order valence-corrected chi connectivity index (χ4v) is 3.31. The fourth-order valence-electron chi connectivity index (χ4n) is 1.90. The van der Waals surface area contributed by atoms with Crippen molar-refractivity contribution in [2.75, 3.05) is 4.72 Å². The molecule has 0 aliphatic rings. The van der Waals surface area contributed by atoms with Gasteiger partial charge in [-0.15, -0.1) is 5.10 Å². The van der Waals surface area contributed by atoms with Gasteiger partial charge in [-0.05, 0) is 26.0 Å². The zero-order valence-corrected chi connectivity index (χ0v) is 12.1. The molecule has 0 aliphatic heterocycles. The third-order valence-electron chi connectivity index (χ3n) is 2.68. The van der Waals surface area contributed by atoms with Crippen LogP contribution in [0.25, 0.3) is 0 Å². The van der Waals surface area contributed by atoms with Gasteiger partial charge in [-0.25, -0.2) is 8.42 Å². The minimum absolute atomic E-state index is 0.0607. The Bertz CT molecular complexity index is 769. The molecule has 10 heteroatoms. The van der Waals surface area contributed by atoms with Crippen LogP contribution in [0.5, 0.6) is 0 Å². The smallest absolute Gasteiger partial charge is 0.325 e. The van der Waals surface area contributed by atoms with Crippen molar-refractivity contribution in [1.29, 1.82) is 0 Å². The number of carboxylic acids is 1.